The molecule has 0 bridgehead atoms. The Kier molecular flexibility index (Phi) is 4.72. The van der Waals surface area contributed by atoms with Crippen molar-refractivity contribution in [2.24, 2.45) is 0 Å². The molecule has 0 spiro atoms. The zero-order valence-corrected chi connectivity index (χ0v) is 16.0. The Hall–Kier alpha value is -2.82. The molecule has 0 aromatic carbocycles. The van der Waals surface area contributed by atoms with Crippen LogP contribution in [0.15, 0.2) is 18.5 Å². The minimum Gasteiger partial charge on any atom is -0.384 e. The molecule has 3 rings (SSSR count). The van der Waals surface area contributed by atoms with Crippen molar-refractivity contribution < 1.29 is 13.2 Å². The van der Waals surface area contributed by atoms with Crippen molar-refractivity contribution in [2.75, 3.05) is 17.3 Å². The molecule has 1 aliphatic rings. The van der Waals surface area contributed by atoms with Crippen LogP contribution in [0.4, 0.5) is 16.6 Å². The summed E-state index contributed by atoms with van der Waals surface area (Å²) in [5, 5.41) is 5.31. The summed E-state index contributed by atoms with van der Waals surface area (Å²) in [6.45, 7) is 3.10. The van der Waals surface area contributed by atoms with E-state index < -0.39 is 14.6 Å². The highest BCUT2D eigenvalue weighted by Gasteiger charge is 2.34. The number of hydrogen-bond acceptors (Lipinski definition) is 8. The number of aromatic nitrogens is 4. The highest BCUT2D eigenvalue weighted by atomic mass is 32.2. The Balaban J connectivity index is 1.84. The third-order valence-corrected chi connectivity index (χ3v) is 6.40. The first kappa shape index (κ1) is 19.0. The first-order valence-electron chi connectivity index (χ1n) is 8.31. The fourth-order valence-electron chi connectivity index (χ4n) is 2.15. The Labute approximate surface area is 157 Å². The van der Waals surface area contributed by atoms with Gasteiger partial charge in [-0.2, -0.15) is 0 Å². The van der Waals surface area contributed by atoms with Crippen LogP contribution in [0, 0.1) is 0 Å². The van der Waals surface area contributed by atoms with E-state index in [0.29, 0.717) is 5.56 Å². The number of carbonyl (C=O) groups excluding carboxylic acids is 1. The fourth-order valence-corrected chi connectivity index (χ4v) is 2.64. The van der Waals surface area contributed by atoms with E-state index in [-0.39, 0.29) is 35.4 Å². The van der Waals surface area contributed by atoms with Gasteiger partial charge in [-0.15, -0.1) is 0 Å². The number of amides is 2. The molecule has 0 atom stereocenters. The highest BCUT2D eigenvalue weighted by Crippen LogP contribution is 2.29. The molecule has 0 aliphatic heterocycles. The van der Waals surface area contributed by atoms with Crippen LogP contribution in [-0.2, 0) is 14.6 Å². The van der Waals surface area contributed by atoms with E-state index in [1.807, 2.05) is 0 Å². The van der Waals surface area contributed by atoms with Gasteiger partial charge in [0, 0.05) is 30.8 Å². The summed E-state index contributed by atoms with van der Waals surface area (Å²) in [5.74, 6) is 0.478. The van der Waals surface area contributed by atoms with Gasteiger partial charge in [-0.1, -0.05) is 0 Å². The predicted molar refractivity (Wildman–Crippen MR) is 101 cm³/mol. The molecule has 4 N–H and O–H groups in total. The predicted octanol–water partition coefficient (Wildman–Crippen LogP) is 1.08. The number of sulfone groups is 1. The molecule has 11 heteroatoms. The van der Waals surface area contributed by atoms with Crippen molar-refractivity contribution in [1.29, 1.82) is 0 Å². The normalized spacial score (nSPS) is 14.6. The molecule has 1 saturated carbocycles. The first-order valence-corrected chi connectivity index (χ1v) is 10.2. The van der Waals surface area contributed by atoms with Gasteiger partial charge in [0.1, 0.15) is 10.6 Å². The van der Waals surface area contributed by atoms with Crippen molar-refractivity contribution in [3.05, 3.63) is 24.2 Å². The Morgan fingerprint density at radius 2 is 1.85 bits per heavy atom. The smallest absolute Gasteiger partial charge is 0.321 e. The fraction of sp³-hybridized carbons (Fsp3) is 0.438. The quantitative estimate of drug-likeness (QED) is 0.684. The van der Waals surface area contributed by atoms with Crippen LogP contribution in [0.5, 0.6) is 0 Å². The van der Waals surface area contributed by atoms with Crippen molar-refractivity contribution in [3.63, 3.8) is 0 Å². The van der Waals surface area contributed by atoms with Crippen LogP contribution in [-0.4, -0.2) is 46.7 Å². The molecule has 27 heavy (non-hydrogen) atoms. The van der Waals surface area contributed by atoms with Crippen LogP contribution in [0.2, 0.25) is 0 Å². The van der Waals surface area contributed by atoms with E-state index in [1.165, 1.54) is 18.5 Å². The lowest BCUT2D eigenvalue weighted by Gasteiger charge is -2.22. The molecule has 1 fully saturated rings. The number of anilines is 2. The largest absolute Gasteiger partial charge is 0.384 e. The molecular formula is C16H21N7O3S. The molecule has 144 valence electrons. The van der Waals surface area contributed by atoms with Gasteiger partial charge in [0.25, 0.3) is 0 Å². The van der Waals surface area contributed by atoms with Gasteiger partial charge in [0.2, 0.25) is 5.95 Å². The highest BCUT2D eigenvalue weighted by molar-refractivity contribution is 7.91. The number of nitrogens with two attached hydrogens (primary N) is 1. The molecular weight excluding hydrogens is 370 g/mol. The zero-order valence-electron chi connectivity index (χ0n) is 15.2. The minimum absolute atomic E-state index is 0.137. The molecule has 0 unspecified atom stereocenters. The second-order valence-electron chi connectivity index (χ2n) is 6.95. The number of nitrogens with zero attached hydrogens (tertiary/aromatic N) is 4. The van der Waals surface area contributed by atoms with Crippen molar-refractivity contribution >= 4 is 27.6 Å². The lowest BCUT2D eigenvalue weighted by atomic mass is 10.1. The van der Waals surface area contributed by atoms with Crippen molar-refractivity contribution in [2.45, 2.75) is 37.5 Å². The first-order chi connectivity index (χ1) is 12.6. The molecule has 10 nitrogen and oxygen atoms in total. The summed E-state index contributed by atoms with van der Waals surface area (Å²) in [7, 11) is -3.43. The number of nitrogen functional groups attached to an aromatic ring is 1. The van der Waals surface area contributed by atoms with Gasteiger partial charge < -0.3 is 11.1 Å². The van der Waals surface area contributed by atoms with E-state index in [2.05, 4.69) is 30.6 Å². The number of rotatable bonds is 5. The third kappa shape index (κ3) is 4.30. The Morgan fingerprint density at radius 1 is 1.22 bits per heavy atom. The van der Waals surface area contributed by atoms with Crippen LogP contribution < -0.4 is 16.4 Å². The minimum atomic E-state index is -3.43. The molecule has 2 aromatic rings. The Morgan fingerprint density at radius 3 is 2.41 bits per heavy atom. The van der Waals surface area contributed by atoms with E-state index in [4.69, 9.17) is 5.73 Å². The average molecular weight is 391 g/mol. The second-order valence-corrected chi connectivity index (χ2v) is 9.52. The van der Waals surface area contributed by atoms with Gasteiger partial charge in [-0.3, -0.25) is 5.32 Å². The molecule has 2 amide bonds. The lowest BCUT2D eigenvalue weighted by Crippen LogP contribution is -2.31. The lowest BCUT2D eigenvalue weighted by molar-refractivity contribution is 0.251. The summed E-state index contributed by atoms with van der Waals surface area (Å²) in [5.41, 5.74) is 6.55. The molecule has 2 aromatic heterocycles. The molecule has 0 saturated heterocycles. The summed E-state index contributed by atoms with van der Waals surface area (Å²) in [6, 6.07) is 1.30. The van der Waals surface area contributed by atoms with Crippen LogP contribution in [0.25, 0.3) is 11.4 Å². The maximum absolute atomic E-state index is 12.1. The number of hydrogen-bond donors (Lipinski definition) is 3. The monoisotopic (exact) mass is 391 g/mol. The number of carbonyl (C=O) groups is 1. The van der Waals surface area contributed by atoms with Crippen molar-refractivity contribution in [3.8, 4) is 11.4 Å². The standard InChI is InChI=1S/C16H21N7O3S/c1-16(2,27(3,25)26)11-6-12(17)22-13(21-11)9-7-18-14(19-8-9)23-15(24)20-10-4-5-10/h6-8,10H,4-5H2,1-3H3,(H2,17,21,22)(H2,18,19,20,23,24). The summed E-state index contributed by atoms with van der Waals surface area (Å²) in [4.78, 5) is 28.3. The van der Waals surface area contributed by atoms with Gasteiger partial charge in [0.15, 0.2) is 15.7 Å². The molecule has 2 heterocycles. The Bertz CT molecular complexity index is 970. The number of urea groups is 1. The van der Waals surface area contributed by atoms with Gasteiger partial charge >= 0.3 is 6.03 Å². The SMILES string of the molecule is CC(C)(c1cc(N)nc(-c2cnc(NC(=O)NC3CC3)nc2)n1)S(C)(=O)=O. The second kappa shape index (κ2) is 6.72. The number of nitrogens with one attached hydrogen (secondary N) is 2. The van der Waals surface area contributed by atoms with E-state index in [1.54, 1.807) is 13.8 Å². The third-order valence-electron chi connectivity index (χ3n) is 4.34. The molecule has 1 aliphatic carbocycles. The zero-order chi connectivity index (χ0) is 19.8. The van der Waals surface area contributed by atoms with E-state index in [0.717, 1.165) is 19.1 Å². The summed E-state index contributed by atoms with van der Waals surface area (Å²) < 4.78 is 22.9. The maximum atomic E-state index is 12.1. The maximum Gasteiger partial charge on any atom is 0.321 e. The average Bonchev–Trinajstić information content (AvgIpc) is 3.37. The van der Waals surface area contributed by atoms with Crippen LogP contribution >= 0.6 is 0 Å². The van der Waals surface area contributed by atoms with Crippen LogP contribution in [0.1, 0.15) is 32.4 Å². The van der Waals surface area contributed by atoms with E-state index >= 15 is 0 Å². The molecule has 0 radical (unpaired) electrons. The van der Waals surface area contributed by atoms with Gasteiger partial charge in [-0.05, 0) is 26.7 Å². The van der Waals surface area contributed by atoms with Crippen molar-refractivity contribution in [1.82, 2.24) is 25.3 Å². The van der Waals surface area contributed by atoms with Gasteiger partial charge in [0.05, 0.1) is 11.3 Å². The van der Waals surface area contributed by atoms with Crippen LogP contribution in [0.3, 0.4) is 0 Å². The van der Waals surface area contributed by atoms with Gasteiger partial charge in [-0.25, -0.2) is 33.1 Å². The summed E-state index contributed by atoms with van der Waals surface area (Å²) in [6.07, 6.45) is 5.97. The van der Waals surface area contributed by atoms with E-state index in [9.17, 15) is 13.2 Å². The topological polar surface area (TPSA) is 153 Å². The summed E-state index contributed by atoms with van der Waals surface area (Å²) >= 11 is 0.